The van der Waals surface area contributed by atoms with Gasteiger partial charge in [-0.1, -0.05) is 0 Å². The van der Waals surface area contributed by atoms with Crippen molar-refractivity contribution in [3.05, 3.63) is 11.1 Å². The van der Waals surface area contributed by atoms with Crippen LogP contribution in [0.3, 0.4) is 0 Å². The summed E-state index contributed by atoms with van der Waals surface area (Å²) in [4.78, 5) is 16.0. The second-order valence-electron chi connectivity index (χ2n) is 8.28. The Hall–Kier alpha value is -2.18. The average Bonchev–Trinajstić information content (AvgIpc) is 3.33. The van der Waals surface area contributed by atoms with Crippen LogP contribution in [-0.2, 0) is 6.18 Å². The molecule has 3 atom stereocenters. The van der Waals surface area contributed by atoms with Gasteiger partial charge in [-0.05, 0) is 26.2 Å². The molecule has 2 aliphatic rings. The van der Waals surface area contributed by atoms with Crippen LogP contribution in [0, 0.1) is 0 Å². The van der Waals surface area contributed by atoms with E-state index in [1.807, 2.05) is 0 Å². The van der Waals surface area contributed by atoms with Gasteiger partial charge in [0.05, 0.1) is 0 Å². The molecule has 2 saturated carbocycles. The van der Waals surface area contributed by atoms with E-state index in [1.54, 1.807) is 0 Å². The van der Waals surface area contributed by atoms with Crippen LogP contribution in [0.15, 0.2) is 5.38 Å². The van der Waals surface area contributed by atoms with E-state index in [2.05, 4.69) is 30.6 Å². The van der Waals surface area contributed by atoms with Gasteiger partial charge in [0.25, 0.3) is 0 Å². The molecule has 2 heterocycles. The summed E-state index contributed by atoms with van der Waals surface area (Å²) in [7, 11) is 0. The molecule has 2 aromatic rings. The number of nitrogens with zero attached hydrogens (tertiary/aromatic N) is 4. The maximum absolute atomic E-state index is 14.2. The highest BCUT2D eigenvalue weighted by atomic mass is 32.1. The molecule has 13 heteroatoms. The van der Waals surface area contributed by atoms with Crippen LogP contribution in [0.2, 0.25) is 0 Å². The van der Waals surface area contributed by atoms with Crippen molar-refractivity contribution < 1.29 is 26.3 Å². The van der Waals surface area contributed by atoms with E-state index < -0.39 is 35.9 Å². The number of anilines is 2. The van der Waals surface area contributed by atoms with Crippen molar-refractivity contribution in [2.45, 2.75) is 75.3 Å². The topological polar surface area (TPSA) is 75.6 Å². The van der Waals surface area contributed by atoms with Crippen molar-refractivity contribution in [3.8, 4) is 10.8 Å². The summed E-state index contributed by atoms with van der Waals surface area (Å²) in [5.41, 5.74) is -2.41. The summed E-state index contributed by atoms with van der Waals surface area (Å²) >= 11 is 0.712. The van der Waals surface area contributed by atoms with Gasteiger partial charge in [-0.15, -0.1) is 11.3 Å². The second kappa shape index (κ2) is 7.75. The molecule has 2 aliphatic carbocycles. The zero-order chi connectivity index (χ0) is 22.4. The van der Waals surface area contributed by atoms with E-state index >= 15 is 0 Å². The SMILES string of the molecule is CC1(F)CCC(Nc2nc(NC3CCC(F)(F)C3)nc(-c3nc(C(F)(F)F)cs3)n2)C1. The number of thiazole rings is 1. The first-order chi connectivity index (χ1) is 14.4. The Morgan fingerprint density at radius 1 is 0.935 bits per heavy atom. The summed E-state index contributed by atoms with van der Waals surface area (Å²) in [5.74, 6) is -2.92. The highest BCUT2D eigenvalue weighted by molar-refractivity contribution is 7.13. The van der Waals surface area contributed by atoms with Gasteiger partial charge in [0, 0.05) is 36.7 Å². The number of rotatable bonds is 5. The van der Waals surface area contributed by atoms with Crippen molar-refractivity contribution in [1.29, 1.82) is 0 Å². The number of alkyl halides is 6. The lowest BCUT2D eigenvalue weighted by molar-refractivity contribution is -0.140. The Labute approximate surface area is 177 Å². The predicted octanol–water partition coefficient (Wildman–Crippen LogP) is 5.31. The van der Waals surface area contributed by atoms with Crippen LogP contribution < -0.4 is 10.6 Å². The fraction of sp³-hybridized carbons (Fsp3) is 0.667. The fourth-order valence-electron chi connectivity index (χ4n) is 3.86. The minimum Gasteiger partial charge on any atom is -0.351 e. The fourth-order valence-corrected chi connectivity index (χ4v) is 4.62. The van der Waals surface area contributed by atoms with Gasteiger partial charge in [-0.2, -0.15) is 28.1 Å². The molecule has 0 bridgehead atoms. The molecule has 0 amide bonds. The predicted molar refractivity (Wildman–Crippen MR) is 103 cm³/mol. The van der Waals surface area contributed by atoms with Crippen LogP contribution in [0.4, 0.5) is 38.2 Å². The van der Waals surface area contributed by atoms with Crippen molar-refractivity contribution in [2.24, 2.45) is 0 Å². The van der Waals surface area contributed by atoms with Gasteiger partial charge in [-0.25, -0.2) is 18.2 Å². The molecular weight excluding hydrogens is 446 g/mol. The lowest BCUT2D eigenvalue weighted by atomic mass is 10.1. The Morgan fingerprint density at radius 3 is 2.03 bits per heavy atom. The van der Waals surface area contributed by atoms with Gasteiger partial charge in [0.1, 0.15) is 5.67 Å². The first-order valence-corrected chi connectivity index (χ1v) is 10.7. The first kappa shape index (κ1) is 22.0. The molecule has 6 nitrogen and oxygen atoms in total. The molecule has 2 N–H and O–H groups in total. The molecule has 4 rings (SSSR count). The molecule has 170 valence electrons. The monoisotopic (exact) mass is 466 g/mol. The normalized spacial score (nSPS) is 28.1. The molecule has 0 aromatic carbocycles. The average molecular weight is 466 g/mol. The zero-order valence-corrected chi connectivity index (χ0v) is 17.3. The van der Waals surface area contributed by atoms with Gasteiger partial charge in [0.2, 0.25) is 17.8 Å². The van der Waals surface area contributed by atoms with Crippen molar-refractivity contribution in [1.82, 2.24) is 19.9 Å². The Balaban J connectivity index is 1.61. The number of hydrogen-bond donors (Lipinski definition) is 2. The third-order valence-electron chi connectivity index (χ3n) is 5.38. The summed E-state index contributed by atoms with van der Waals surface area (Å²) in [6, 6.07) is -0.850. The molecule has 2 fully saturated rings. The molecule has 3 unspecified atom stereocenters. The largest absolute Gasteiger partial charge is 0.434 e. The van der Waals surface area contributed by atoms with E-state index in [9.17, 15) is 26.3 Å². The Morgan fingerprint density at radius 2 is 1.55 bits per heavy atom. The standard InChI is InChI=1S/C18H20F6N6S/c1-16(19)4-2-9(6-16)25-14-28-12(13-27-11(8-31-13)18(22,23)24)29-15(30-14)26-10-3-5-17(20,21)7-10/h8-10H,2-7H2,1H3,(H2,25,26,28,29,30). The lowest BCUT2D eigenvalue weighted by Gasteiger charge is -2.17. The number of hydrogen-bond acceptors (Lipinski definition) is 7. The summed E-state index contributed by atoms with van der Waals surface area (Å²) < 4.78 is 80.0. The van der Waals surface area contributed by atoms with Crippen LogP contribution >= 0.6 is 11.3 Å². The minimum atomic E-state index is -4.62. The first-order valence-electron chi connectivity index (χ1n) is 9.78. The summed E-state index contributed by atoms with van der Waals surface area (Å²) in [6.07, 6.45) is -3.97. The highest BCUT2D eigenvalue weighted by Crippen LogP contribution is 2.37. The van der Waals surface area contributed by atoms with Crippen molar-refractivity contribution in [3.63, 3.8) is 0 Å². The molecule has 0 spiro atoms. The number of aromatic nitrogens is 4. The van der Waals surface area contributed by atoms with Crippen molar-refractivity contribution in [2.75, 3.05) is 10.6 Å². The molecule has 0 aliphatic heterocycles. The third kappa shape index (κ3) is 5.36. The molecule has 0 saturated heterocycles. The van der Waals surface area contributed by atoms with E-state index in [4.69, 9.17) is 0 Å². The summed E-state index contributed by atoms with van der Waals surface area (Å²) in [5, 5.41) is 6.58. The zero-order valence-electron chi connectivity index (χ0n) is 16.4. The van der Waals surface area contributed by atoms with Crippen LogP contribution in [0.25, 0.3) is 10.8 Å². The number of nitrogens with one attached hydrogen (secondary N) is 2. The van der Waals surface area contributed by atoms with Crippen LogP contribution in [0.1, 0.15) is 51.1 Å². The van der Waals surface area contributed by atoms with Crippen LogP contribution in [0.5, 0.6) is 0 Å². The molecule has 31 heavy (non-hydrogen) atoms. The van der Waals surface area contributed by atoms with E-state index in [0.717, 1.165) is 5.38 Å². The van der Waals surface area contributed by atoms with Gasteiger partial charge < -0.3 is 10.6 Å². The lowest BCUT2D eigenvalue weighted by Crippen LogP contribution is -2.23. The van der Waals surface area contributed by atoms with E-state index in [1.165, 1.54) is 6.92 Å². The maximum Gasteiger partial charge on any atom is 0.434 e. The van der Waals surface area contributed by atoms with Gasteiger partial charge >= 0.3 is 6.18 Å². The van der Waals surface area contributed by atoms with E-state index in [-0.39, 0.29) is 48.0 Å². The quantitative estimate of drug-likeness (QED) is 0.582. The van der Waals surface area contributed by atoms with Crippen LogP contribution in [-0.4, -0.2) is 43.6 Å². The maximum atomic E-state index is 14.2. The molecule has 2 aromatic heterocycles. The molecular formula is C18H20F6N6S. The minimum absolute atomic E-state index is 0.0312. The smallest absolute Gasteiger partial charge is 0.351 e. The Kier molecular flexibility index (Phi) is 5.51. The van der Waals surface area contributed by atoms with Gasteiger partial charge in [-0.3, -0.25) is 0 Å². The van der Waals surface area contributed by atoms with Gasteiger partial charge in [0.15, 0.2) is 16.5 Å². The Bertz CT molecular complexity index is 900. The third-order valence-corrected chi connectivity index (χ3v) is 6.22. The van der Waals surface area contributed by atoms with E-state index in [0.29, 0.717) is 24.2 Å². The molecule has 0 radical (unpaired) electrons. The van der Waals surface area contributed by atoms with Crippen molar-refractivity contribution >= 4 is 23.2 Å². The summed E-state index contributed by atoms with van der Waals surface area (Å²) in [6.45, 7) is 1.50. The number of halogens is 6. The highest BCUT2D eigenvalue weighted by Gasteiger charge is 2.40. The second-order valence-corrected chi connectivity index (χ2v) is 9.14.